The fourth-order valence-electron chi connectivity index (χ4n) is 1.43. The van der Waals surface area contributed by atoms with Crippen molar-refractivity contribution in [2.45, 2.75) is 33.2 Å². The van der Waals surface area contributed by atoms with Crippen molar-refractivity contribution in [2.75, 3.05) is 0 Å². The Morgan fingerprint density at radius 1 is 1.36 bits per heavy atom. The van der Waals surface area contributed by atoms with Crippen molar-refractivity contribution in [1.82, 2.24) is 4.91 Å². The largest absolute Gasteiger partial charge is 0.214 e. The van der Waals surface area contributed by atoms with Crippen LogP contribution in [0.2, 0.25) is 0 Å². The minimum atomic E-state index is 0.0341. The van der Waals surface area contributed by atoms with Crippen LogP contribution < -0.4 is 4.91 Å². The Hall–Kier alpha value is -1.47. The molecular formula is C11H16N3+. The third-order valence-electron chi connectivity index (χ3n) is 2.50. The highest BCUT2D eigenvalue weighted by Crippen LogP contribution is 2.22. The lowest BCUT2D eigenvalue weighted by Gasteiger charge is -2.06. The molecule has 0 fully saturated rings. The average Bonchev–Trinajstić information content (AvgIpc) is 2.19. The molecule has 0 saturated heterocycles. The van der Waals surface area contributed by atoms with E-state index in [1.807, 2.05) is 0 Å². The van der Waals surface area contributed by atoms with E-state index in [9.17, 15) is 0 Å². The maximum absolute atomic E-state index is 6.74. The summed E-state index contributed by atoms with van der Waals surface area (Å²) in [7, 11) is 0. The Bertz CT molecular complexity index is 365. The second-order valence-electron chi connectivity index (χ2n) is 3.48. The maximum Gasteiger partial charge on any atom is 0.214 e. The lowest BCUT2D eigenvalue weighted by molar-refractivity contribution is 0.638. The van der Waals surface area contributed by atoms with Gasteiger partial charge in [0.2, 0.25) is 4.91 Å². The van der Waals surface area contributed by atoms with E-state index in [1.165, 1.54) is 11.1 Å². The standard InChI is InChI=1S/C11H16N3/c1-4-11(13-14-12)10-6-5-8(2)9(3)7-10/h5-7,11-12H,4H2,1-3H3/q+1/t11-/m1/s1. The molecule has 14 heavy (non-hydrogen) atoms. The van der Waals surface area contributed by atoms with Crippen molar-refractivity contribution in [3.63, 3.8) is 0 Å². The predicted octanol–water partition coefficient (Wildman–Crippen LogP) is 3.30. The lowest BCUT2D eigenvalue weighted by Crippen LogP contribution is -1.95. The quantitative estimate of drug-likeness (QED) is 0.561. The Morgan fingerprint density at radius 3 is 2.57 bits per heavy atom. The van der Waals surface area contributed by atoms with Crippen LogP contribution in [0.4, 0.5) is 0 Å². The van der Waals surface area contributed by atoms with Gasteiger partial charge in [-0.15, -0.1) is 0 Å². The molecule has 0 radical (unpaired) electrons. The van der Waals surface area contributed by atoms with Gasteiger partial charge in [0, 0.05) is 0 Å². The van der Waals surface area contributed by atoms with Gasteiger partial charge < -0.3 is 0 Å². The summed E-state index contributed by atoms with van der Waals surface area (Å²) in [6.07, 6.45) is 0.880. The topological polar surface area (TPSA) is 50.3 Å². The number of hydrogen-bond acceptors (Lipinski definition) is 2. The first kappa shape index (κ1) is 10.6. The summed E-state index contributed by atoms with van der Waals surface area (Å²) in [5.74, 6) is 0. The molecule has 0 aliphatic carbocycles. The Kier molecular flexibility index (Phi) is 3.55. The van der Waals surface area contributed by atoms with Gasteiger partial charge in [0.25, 0.3) is 0 Å². The highest BCUT2D eigenvalue weighted by Gasteiger charge is 2.13. The monoisotopic (exact) mass is 190 g/mol. The van der Waals surface area contributed by atoms with Crippen molar-refractivity contribution in [3.05, 3.63) is 34.9 Å². The second-order valence-corrected chi connectivity index (χ2v) is 3.48. The summed E-state index contributed by atoms with van der Waals surface area (Å²) in [5, 5.41) is 3.88. The van der Waals surface area contributed by atoms with Crippen LogP contribution in [0.1, 0.15) is 36.1 Å². The van der Waals surface area contributed by atoms with E-state index < -0.39 is 0 Å². The summed E-state index contributed by atoms with van der Waals surface area (Å²) in [4.78, 5) is 3.11. The van der Waals surface area contributed by atoms with E-state index in [-0.39, 0.29) is 6.04 Å². The third-order valence-corrected chi connectivity index (χ3v) is 2.50. The number of rotatable bonds is 3. The zero-order valence-corrected chi connectivity index (χ0v) is 8.91. The predicted molar refractivity (Wildman–Crippen MR) is 56.2 cm³/mol. The Labute approximate surface area is 84.4 Å². The Balaban J connectivity index is 3.05. The number of benzene rings is 1. The molecule has 0 bridgehead atoms. The average molecular weight is 190 g/mol. The van der Waals surface area contributed by atoms with Crippen LogP contribution in [0.25, 0.3) is 0 Å². The molecule has 1 rings (SSSR count). The van der Waals surface area contributed by atoms with Crippen molar-refractivity contribution in [2.24, 2.45) is 5.11 Å². The zero-order chi connectivity index (χ0) is 10.6. The number of nitrogens with one attached hydrogen (secondary N) is 1. The van der Waals surface area contributed by atoms with Gasteiger partial charge in [-0.1, -0.05) is 25.1 Å². The number of nitrogens with zero attached hydrogens (tertiary/aromatic N) is 2. The first-order valence-electron chi connectivity index (χ1n) is 4.82. The molecule has 1 aromatic carbocycles. The third kappa shape index (κ3) is 2.27. The van der Waals surface area contributed by atoms with E-state index >= 15 is 0 Å². The summed E-state index contributed by atoms with van der Waals surface area (Å²) in [6.45, 7) is 6.23. The molecule has 0 aliphatic heterocycles. The molecule has 3 nitrogen and oxygen atoms in total. The van der Waals surface area contributed by atoms with Gasteiger partial charge in [-0.25, -0.2) is 0 Å². The Morgan fingerprint density at radius 2 is 2.07 bits per heavy atom. The number of aryl methyl sites for hydroxylation is 2. The van der Waals surface area contributed by atoms with E-state index in [2.05, 4.69) is 49.0 Å². The highest BCUT2D eigenvalue weighted by molar-refractivity contribution is 5.31. The SMILES string of the molecule is CC[C@@H](N=[N+]=N)c1ccc(C)c(C)c1. The van der Waals surface area contributed by atoms with Crippen LogP contribution in [0.5, 0.6) is 0 Å². The molecule has 0 saturated carbocycles. The molecule has 0 spiro atoms. The molecule has 1 atom stereocenters. The summed E-state index contributed by atoms with van der Waals surface area (Å²) >= 11 is 0. The fourth-order valence-corrected chi connectivity index (χ4v) is 1.43. The van der Waals surface area contributed by atoms with Crippen LogP contribution in [0.15, 0.2) is 23.3 Å². The second kappa shape index (κ2) is 4.68. The molecule has 0 amide bonds. The van der Waals surface area contributed by atoms with Gasteiger partial charge >= 0.3 is 0 Å². The smallest absolute Gasteiger partial charge is 0.0627 e. The fraction of sp³-hybridized carbons (Fsp3) is 0.455. The van der Waals surface area contributed by atoms with Gasteiger partial charge in [-0.3, -0.25) is 0 Å². The minimum Gasteiger partial charge on any atom is -0.0627 e. The molecule has 0 unspecified atom stereocenters. The van der Waals surface area contributed by atoms with Crippen molar-refractivity contribution < 1.29 is 0 Å². The van der Waals surface area contributed by atoms with Gasteiger partial charge in [0.05, 0.1) is 0 Å². The first-order valence-corrected chi connectivity index (χ1v) is 4.82. The van der Waals surface area contributed by atoms with E-state index in [4.69, 9.17) is 5.53 Å². The molecule has 1 N–H and O–H groups in total. The minimum absolute atomic E-state index is 0.0341. The van der Waals surface area contributed by atoms with E-state index in [0.717, 1.165) is 12.0 Å². The molecular weight excluding hydrogens is 174 g/mol. The van der Waals surface area contributed by atoms with Crippen molar-refractivity contribution in [3.8, 4) is 0 Å². The molecule has 0 heterocycles. The maximum atomic E-state index is 6.74. The van der Waals surface area contributed by atoms with Gasteiger partial charge in [0.15, 0.2) is 6.04 Å². The van der Waals surface area contributed by atoms with Gasteiger partial charge in [-0.05, 0) is 37.0 Å². The van der Waals surface area contributed by atoms with Crippen LogP contribution >= 0.6 is 0 Å². The zero-order valence-electron chi connectivity index (χ0n) is 8.91. The molecule has 3 heteroatoms. The normalized spacial score (nSPS) is 11.9. The summed E-state index contributed by atoms with van der Waals surface area (Å²) < 4.78 is 0. The van der Waals surface area contributed by atoms with Gasteiger partial charge in [-0.2, -0.15) is 0 Å². The van der Waals surface area contributed by atoms with E-state index in [1.54, 1.807) is 0 Å². The molecule has 74 valence electrons. The van der Waals surface area contributed by atoms with Crippen molar-refractivity contribution in [1.29, 1.82) is 5.53 Å². The van der Waals surface area contributed by atoms with E-state index in [0.29, 0.717) is 0 Å². The van der Waals surface area contributed by atoms with Crippen LogP contribution in [-0.2, 0) is 0 Å². The highest BCUT2D eigenvalue weighted by atomic mass is 15.1. The summed E-state index contributed by atoms with van der Waals surface area (Å²) in [6, 6.07) is 6.31. The lowest BCUT2D eigenvalue weighted by atomic mass is 10.0. The number of hydrogen-bond donors (Lipinski definition) is 1. The summed E-state index contributed by atoms with van der Waals surface area (Å²) in [5.41, 5.74) is 10.4. The van der Waals surface area contributed by atoms with Crippen LogP contribution in [0, 0.1) is 19.4 Å². The molecule has 0 aromatic heterocycles. The molecule has 1 aromatic rings. The van der Waals surface area contributed by atoms with Crippen LogP contribution in [0.3, 0.4) is 0 Å². The molecule has 0 aliphatic rings. The first-order chi connectivity index (χ1) is 6.69. The van der Waals surface area contributed by atoms with Crippen LogP contribution in [-0.4, -0.2) is 0 Å². The van der Waals surface area contributed by atoms with Gasteiger partial charge in [0.1, 0.15) is 10.6 Å². The van der Waals surface area contributed by atoms with Crippen molar-refractivity contribution >= 4 is 0 Å².